The molecule has 0 bridgehead atoms. The number of benzene rings is 1. The Kier molecular flexibility index (Phi) is 6.75. The number of ether oxygens (including phenoxy) is 2. The molecule has 1 aromatic carbocycles. The molecule has 1 unspecified atom stereocenters. The lowest BCUT2D eigenvalue weighted by atomic mass is 10.1. The molecule has 7 nitrogen and oxygen atoms in total. The molecule has 1 saturated heterocycles. The van der Waals surface area contributed by atoms with Crippen LogP contribution in [0.1, 0.15) is 23.3 Å². The van der Waals surface area contributed by atoms with Crippen LogP contribution in [0, 0.1) is 0 Å². The fraction of sp³-hybridized carbons (Fsp3) is 0.412. The highest BCUT2D eigenvalue weighted by atomic mass is 35.5. The summed E-state index contributed by atoms with van der Waals surface area (Å²) in [7, 11) is 0. The molecule has 0 spiro atoms. The van der Waals surface area contributed by atoms with Crippen molar-refractivity contribution in [2.75, 3.05) is 26.3 Å². The van der Waals surface area contributed by atoms with Crippen LogP contribution in [0.5, 0.6) is 11.5 Å². The normalized spacial score (nSPS) is 18.5. The SMILES string of the molecule is Cl.Cl.NC1CCCN(C(=O)c2ncoc2-c2ccc3c(c2)OCCO3)C1. The summed E-state index contributed by atoms with van der Waals surface area (Å²) in [6.45, 7) is 2.28. The van der Waals surface area contributed by atoms with E-state index in [1.807, 2.05) is 18.2 Å². The minimum Gasteiger partial charge on any atom is -0.486 e. The number of hydrogen-bond donors (Lipinski definition) is 1. The summed E-state index contributed by atoms with van der Waals surface area (Å²) in [5.41, 5.74) is 7.02. The highest BCUT2D eigenvalue weighted by molar-refractivity contribution is 5.97. The van der Waals surface area contributed by atoms with E-state index in [9.17, 15) is 4.79 Å². The van der Waals surface area contributed by atoms with Gasteiger partial charge in [-0.05, 0) is 31.0 Å². The van der Waals surface area contributed by atoms with Crippen LogP contribution in [0.3, 0.4) is 0 Å². The number of carbonyl (C=O) groups excluding carboxylic acids is 1. The number of likely N-dealkylation sites (tertiary alicyclic amines) is 1. The third kappa shape index (κ3) is 3.90. The fourth-order valence-electron chi connectivity index (χ4n) is 3.13. The van der Waals surface area contributed by atoms with Crippen molar-refractivity contribution >= 4 is 30.7 Å². The van der Waals surface area contributed by atoms with Crippen molar-refractivity contribution in [3.8, 4) is 22.8 Å². The van der Waals surface area contributed by atoms with Gasteiger partial charge in [0.25, 0.3) is 5.91 Å². The predicted octanol–water partition coefficient (Wildman–Crippen LogP) is 2.52. The third-order valence-corrected chi connectivity index (χ3v) is 4.32. The Balaban J connectivity index is 0.00000121. The zero-order valence-electron chi connectivity index (χ0n) is 14.1. The predicted molar refractivity (Wildman–Crippen MR) is 101 cm³/mol. The Morgan fingerprint density at radius 2 is 1.96 bits per heavy atom. The molecule has 2 aliphatic rings. The lowest BCUT2D eigenvalue weighted by Crippen LogP contribution is -2.45. The van der Waals surface area contributed by atoms with Crippen LogP contribution in [0.25, 0.3) is 11.3 Å². The molecule has 26 heavy (non-hydrogen) atoms. The van der Waals surface area contributed by atoms with E-state index in [1.54, 1.807) is 4.90 Å². The quantitative estimate of drug-likeness (QED) is 0.830. The Hall–Kier alpha value is -1.96. The van der Waals surface area contributed by atoms with Crippen molar-refractivity contribution in [3.05, 3.63) is 30.3 Å². The molecule has 1 aromatic heterocycles. The molecule has 2 aliphatic heterocycles. The van der Waals surface area contributed by atoms with Crippen molar-refractivity contribution in [1.29, 1.82) is 0 Å². The second-order valence-corrected chi connectivity index (χ2v) is 6.04. The lowest BCUT2D eigenvalue weighted by molar-refractivity contribution is 0.0704. The number of carbonyl (C=O) groups is 1. The van der Waals surface area contributed by atoms with Gasteiger partial charge < -0.3 is 24.5 Å². The van der Waals surface area contributed by atoms with Gasteiger partial charge in [0.1, 0.15) is 13.2 Å². The zero-order valence-corrected chi connectivity index (χ0v) is 15.7. The second-order valence-electron chi connectivity index (χ2n) is 6.04. The van der Waals surface area contributed by atoms with Crippen LogP contribution in [0.15, 0.2) is 29.0 Å². The van der Waals surface area contributed by atoms with Gasteiger partial charge in [0.15, 0.2) is 29.3 Å². The van der Waals surface area contributed by atoms with Gasteiger partial charge in [-0.2, -0.15) is 0 Å². The first-order chi connectivity index (χ1) is 11.7. The average Bonchev–Trinajstić information content (AvgIpc) is 3.10. The maximum Gasteiger partial charge on any atom is 0.276 e. The van der Waals surface area contributed by atoms with Gasteiger partial charge in [-0.1, -0.05) is 0 Å². The molecule has 4 rings (SSSR count). The van der Waals surface area contributed by atoms with Crippen molar-refractivity contribution in [1.82, 2.24) is 9.88 Å². The largest absolute Gasteiger partial charge is 0.486 e. The Morgan fingerprint density at radius 1 is 1.19 bits per heavy atom. The first kappa shape index (κ1) is 20.4. The van der Waals surface area contributed by atoms with Crippen molar-refractivity contribution in [2.45, 2.75) is 18.9 Å². The van der Waals surface area contributed by atoms with E-state index in [2.05, 4.69) is 4.98 Å². The smallest absolute Gasteiger partial charge is 0.276 e. The minimum atomic E-state index is -0.149. The zero-order chi connectivity index (χ0) is 16.5. The van der Waals surface area contributed by atoms with Gasteiger partial charge in [-0.25, -0.2) is 4.98 Å². The summed E-state index contributed by atoms with van der Waals surface area (Å²) in [4.78, 5) is 18.7. The average molecular weight is 402 g/mol. The summed E-state index contributed by atoms with van der Waals surface area (Å²) in [6.07, 6.45) is 3.14. The van der Waals surface area contributed by atoms with Crippen LogP contribution in [-0.4, -0.2) is 48.1 Å². The van der Waals surface area contributed by atoms with E-state index in [0.29, 0.717) is 49.3 Å². The van der Waals surface area contributed by atoms with E-state index in [4.69, 9.17) is 19.6 Å². The van der Waals surface area contributed by atoms with Crippen LogP contribution in [-0.2, 0) is 0 Å². The van der Waals surface area contributed by atoms with Crippen LogP contribution < -0.4 is 15.2 Å². The van der Waals surface area contributed by atoms with E-state index < -0.39 is 0 Å². The molecule has 1 fully saturated rings. The number of fused-ring (bicyclic) bond motifs is 1. The number of oxazole rings is 1. The highest BCUT2D eigenvalue weighted by Gasteiger charge is 2.27. The van der Waals surface area contributed by atoms with Gasteiger partial charge in [0.05, 0.1) is 0 Å². The molecule has 1 amide bonds. The van der Waals surface area contributed by atoms with Gasteiger partial charge in [-0.3, -0.25) is 4.79 Å². The molecule has 2 N–H and O–H groups in total. The number of halogens is 2. The Morgan fingerprint density at radius 3 is 2.73 bits per heavy atom. The topological polar surface area (TPSA) is 90.8 Å². The molecule has 3 heterocycles. The van der Waals surface area contributed by atoms with E-state index in [0.717, 1.165) is 18.4 Å². The van der Waals surface area contributed by atoms with Crippen molar-refractivity contribution < 1.29 is 18.7 Å². The monoisotopic (exact) mass is 401 g/mol. The van der Waals surface area contributed by atoms with Gasteiger partial charge in [-0.15, -0.1) is 24.8 Å². The summed E-state index contributed by atoms with van der Waals surface area (Å²) in [6, 6.07) is 5.49. The summed E-state index contributed by atoms with van der Waals surface area (Å²) >= 11 is 0. The van der Waals surface area contributed by atoms with E-state index in [1.165, 1.54) is 6.39 Å². The Bertz CT molecular complexity index is 768. The van der Waals surface area contributed by atoms with E-state index >= 15 is 0 Å². The van der Waals surface area contributed by atoms with Crippen LogP contribution in [0.4, 0.5) is 0 Å². The molecule has 0 saturated carbocycles. The second kappa shape index (κ2) is 8.62. The summed E-state index contributed by atoms with van der Waals surface area (Å²) in [5.74, 6) is 1.63. The van der Waals surface area contributed by atoms with Gasteiger partial charge >= 0.3 is 0 Å². The maximum atomic E-state index is 12.8. The fourth-order valence-corrected chi connectivity index (χ4v) is 3.13. The number of nitrogens with two attached hydrogens (primary N) is 1. The van der Waals surface area contributed by atoms with Crippen LogP contribution >= 0.6 is 24.8 Å². The van der Waals surface area contributed by atoms with Gasteiger partial charge in [0, 0.05) is 24.7 Å². The third-order valence-electron chi connectivity index (χ3n) is 4.32. The van der Waals surface area contributed by atoms with Crippen molar-refractivity contribution in [3.63, 3.8) is 0 Å². The van der Waals surface area contributed by atoms with Crippen molar-refractivity contribution in [2.24, 2.45) is 5.73 Å². The molecular weight excluding hydrogens is 381 g/mol. The lowest BCUT2D eigenvalue weighted by Gasteiger charge is -2.30. The minimum absolute atomic E-state index is 0. The number of aromatic nitrogens is 1. The molecule has 0 aliphatic carbocycles. The van der Waals surface area contributed by atoms with Crippen LogP contribution in [0.2, 0.25) is 0 Å². The molecule has 2 aromatic rings. The Labute approximate surface area is 163 Å². The highest BCUT2D eigenvalue weighted by Crippen LogP contribution is 2.35. The first-order valence-electron chi connectivity index (χ1n) is 8.11. The number of amides is 1. The number of nitrogens with zero attached hydrogens (tertiary/aromatic N) is 2. The standard InChI is InChI=1S/C17H19N3O4.2ClH/c18-12-2-1-5-20(9-12)17(21)15-16(24-10-19-15)11-3-4-13-14(8-11)23-7-6-22-13;;/h3-4,8,10,12H,1-2,5-7,9,18H2;2*1H. The summed E-state index contributed by atoms with van der Waals surface area (Å²) < 4.78 is 16.6. The molecule has 142 valence electrons. The molecular formula is C17H21Cl2N3O4. The molecule has 1 atom stereocenters. The number of hydrogen-bond acceptors (Lipinski definition) is 6. The first-order valence-corrected chi connectivity index (χ1v) is 8.11. The van der Waals surface area contributed by atoms with Gasteiger partial charge in [0.2, 0.25) is 0 Å². The number of piperidine rings is 1. The molecule has 0 radical (unpaired) electrons. The summed E-state index contributed by atoms with van der Waals surface area (Å²) in [5, 5.41) is 0. The van der Waals surface area contributed by atoms with E-state index in [-0.39, 0.29) is 36.8 Å². The maximum absolute atomic E-state index is 12.8. The molecule has 9 heteroatoms. The number of rotatable bonds is 2.